The minimum absolute atomic E-state index is 0.332. The number of benzene rings is 4. The second-order valence-electron chi connectivity index (χ2n) is 10.0. The molecule has 206 valence electrons. The van der Waals surface area contributed by atoms with Crippen LogP contribution in [0.5, 0.6) is 0 Å². The molecule has 2 heterocycles. The molecule has 0 aromatic heterocycles. The van der Waals surface area contributed by atoms with Crippen LogP contribution in [0.25, 0.3) is 0 Å². The van der Waals surface area contributed by atoms with Gasteiger partial charge in [-0.3, -0.25) is 0 Å². The standard InChI is InChI=1S/C34H34O6/c1-5-13-25(14-6-1)21-35-24-29(36-22-26-15-7-2-8-16-26)30-31(37-23-27-17-9-3-10-18-27)32-34(38-30)40-33(39-32)28-19-11-4-12-20-28/h1-20,29-34H,21-24H2/t29-,30-,31+,32-,33?,34-/m1/s1. The molecular formula is C34H34O6. The highest BCUT2D eigenvalue weighted by Crippen LogP contribution is 2.42. The van der Waals surface area contributed by atoms with Crippen molar-refractivity contribution in [2.45, 2.75) is 56.8 Å². The van der Waals surface area contributed by atoms with E-state index in [-0.39, 0.29) is 0 Å². The zero-order valence-electron chi connectivity index (χ0n) is 22.3. The summed E-state index contributed by atoms with van der Waals surface area (Å²) < 4.78 is 38.3. The maximum atomic E-state index is 6.53. The predicted molar refractivity (Wildman–Crippen MR) is 150 cm³/mol. The molecule has 2 aliphatic heterocycles. The predicted octanol–water partition coefficient (Wildman–Crippen LogP) is 6.21. The summed E-state index contributed by atoms with van der Waals surface area (Å²) in [5, 5.41) is 0. The Bertz CT molecular complexity index is 1290. The summed E-state index contributed by atoms with van der Waals surface area (Å²) in [5.41, 5.74) is 4.20. The topological polar surface area (TPSA) is 55.4 Å². The third kappa shape index (κ3) is 6.67. The number of ether oxygens (including phenoxy) is 6. The molecule has 0 spiro atoms. The van der Waals surface area contributed by atoms with E-state index >= 15 is 0 Å². The number of hydrogen-bond acceptors (Lipinski definition) is 6. The van der Waals surface area contributed by atoms with Crippen LogP contribution in [0.15, 0.2) is 121 Å². The van der Waals surface area contributed by atoms with E-state index in [1.165, 1.54) is 0 Å². The molecule has 6 rings (SSSR count). The van der Waals surface area contributed by atoms with E-state index in [0.717, 1.165) is 22.3 Å². The van der Waals surface area contributed by atoms with Gasteiger partial charge in [-0.15, -0.1) is 0 Å². The molecule has 0 radical (unpaired) electrons. The van der Waals surface area contributed by atoms with Gasteiger partial charge in [-0.2, -0.15) is 0 Å². The van der Waals surface area contributed by atoms with Gasteiger partial charge in [-0.25, -0.2) is 0 Å². The van der Waals surface area contributed by atoms with Gasteiger partial charge < -0.3 is 28.4 Å². The fraction of sp³-hybridized carbons (Fsp3) is 0.294. The lowest BCUT2D eigenvalue weighted by atomic mass is 10.1. The van der Waals surface area contributed by atoms with Crippen LogP contribution in [0.2, 0.25) is 0 Å². The van der Waals surface area contributed by atoms with Crippen LogP contribution in [0.4, 0.5) is 0 Å². The Morgan fingerprint density at radius 3 is 1.75 bits per heavy atom. The van der Waals surface area contributed by atoms with E-state index in [1.54, 1.807) is 0 Å². The van der Waals surface area contributed by atoms with Crippen LogP contribution in [-0.2, 0) is 48.2 Å². The lowest BCUT2D eigenvalue weighted by Crippen LogP contribution is -2.44. The van der Waals surface area contributed by atoms with Crippen LogP contribution >= 0.6 is 0 Å². The Morgan fingerprint density at radius 1 is 0.575 bits per heavy atom. The fourth-order valence-electron chi connectivity index (χ4n) is 5.10. The summed E-state index contributed by atoms with van der Waals surface area (Å²) in [6.07, 6.45) is -2.77. The third-order valence-electron chi connectivity index (χ3n) is 7.17. The second-order valence-corrected chi connectivity index (χ2v) is 10.0. The van der Waals surface area contributed by atoms with Gasteiger partial charge in [0.05, 0.1) is 26.4 Å². The van der Waals surface area contributed by atoms with Crippen molar-refractivity contribution >= 4 is 0 Å². The summed E-state index contributed by atoms with van der Waals surface area (Å²) in [6, 6.07) is 40.2. The van der Waals surface area contributed by atoms with Gasteiger partial charge in [-0.1, -0.05) is 121 Å². The molecule has 2 saturated heterocycles. The number of fused-ring (bicyclic) bond motifs is 1. The van der Waals surface area contributed by atoms with Crippen LogP contribution in [0.3, 0.4) is 0 Å². The molecule has 0 aliphatic carbocycles. The summed E-state index contributed by atoms with van der Waals surface area (Å²) in [6.45, 7) is 1.66. The third-order valence-corrected chi connectivity index (χ3v) is 7.17. The van der Waals surface area contributed by atoms with Crippen molar-refractivity contribution in [2.75, 3.05) is 6.61 Å². The van der Waals surface area contributed by atoms with Crippen molar-refractivity contribution in [3.05, 3.63) is 144 Å². The van der Waals surface area contributed by atoms with Crippen LogP contribution in [0, 0.1) is 0 Å². The molecule has 2 fully saturated rings. The number of hydrogen-bond donors (Lipinski definition) is 0. The van der Waals surface area contributed by atoms with Gasteiger partial charge in [0.25, 0.3) is 0 Å². The first-order valence-corrected chi connectivity index (χ1v) is 13.8. The first-order valence-electron chi connectivity index (χ1n) is 13.8. The van der Waals surface area contributed by atoms with Gasteiger partial charge in [0.2, 0.25) is 0 Å². The second kappa shape index (κ2) is 13.3. The molecule has 0 bridgehead atoms. The highest BCUT2D eigenvalue weighted by atomic mass is 16.8. The van der Waals surface area contributed by atoms with E-state index in [1.807, 2.05) is 121 Å². The Labute approximate surface area is 235 Å². The Balaban J connectivity index is 1.20. The molecule has 6 nitrogen and oxygen atoms in total. The van der Waals surface area contributed by atoms with Crippen LogP contribution in [0.1, 0.15) is 28.5 Å². The van der Waals surface area contributed by atoms with Crippen molar-refractivity contribution in [1.82, 2.24) is 0 Å². The van der Waals surface area contributed by atoms with Crippen molar-refractivity contribution in [2.24, 2.45) is 0 Å². The smallest absolute Gasteiger partial charge is 0.190 e. The van der Waals surface area contributed by atoms with Gasteiger partial charge in [0.1, 0.15) is 24.4 Å². The first-order chi connectivity index (χ1) is 19.8. The molecule has 0 saturated carbocycles. The Hall–Kier alpha value is -3.36. The first kappa shape index (κ1) is 26.8. The average molecular weight is 539 g/mol. The lowest BCUT2D eigenvalue weighted by molar-refractivity contribution is -0.209. The molecular weight excluding hydrogens is 504 g/mol. The van der Waals surface area contributed by atoms with E-state index in [4.69, 9.17) is 28.4 Å². The largest absolute Gasteiger partial charge is 0.374 e. The molecule has 6 heteroatoms. The van der Waals surface area contributed by atoms with Crippen molar-refractivity contribution in [3.8, 4) is 0 Å². The molecule has 2 aliphatic rings. The molecule has 0 amide bonds. The Kier molecular flexibility index (Phi) is 8.95. The van der Waals surface area contributed by atoms with Crippen LogP contribution < -0.4 is 0 Å². The zero-order valence-corrected chi connectivity index (χ0v) is 22.3. The van der Waals surface area contributed by atoms with Gasteiger partial charge >= 0.3 is 0 Å². The molecule has 4 aromatic carbocycles. The molecule has 40 heavy (non-hydrogen) atoms. The van der Waals surface area contributed by atoms with E-state index in [2.05, 4.69) is 0 Å². The van der Waals surface area contributed by atoms with Gasteiger partial charge in [-0.05, 0) is 16.7 Å². The van der Waals surface area contributed by atoms with Crippen molar-refractivity contribution in [3.63, 3.8) is 0 Å². The molecule has 0 N–H and O–H groups in total. The van der Waals surface area contributed by atoms with Crippen molar-refractivity contribution in [1.29, 1.82) is 0 Å². The monoisotopic (exact) mass is 538 g/mol. The summed E-state index contributed by atoms with van der Waals surface area (Å²) >= 11 is 0. The maximum absolute atomic E-state index is 6.53. The highest BCUT2D eigenvalue weighted by molar-refractivity contribution is 5.18. The highest BCUT2D eigenvalue weighted by Gasteiger charge is 2.55. The minimum Gasteiger partial charge on any atom is -0.374 e. The average Bonchev–Trinajstić information content (AvgIpc) is 3.58. The van der Waals surface area contributed by atoms with Gasteiger partial charge in [0.15, 0.2) is 12.6 Å². The molecule has 4 aromatic rings. The maximum Gasteiger partial charge on any atom is 0.190 e. The van der Waals surface area contributed by atoms with E-state index < -0.39 is 37.0 Å². The SMILES string of the molecule is c1ccc(COC[C@@H](OCc2ccccc2)[C@H]2O[C@@H]3OC(c4ccccc4)O[C@@H]3[C@H]2OCc2ccccc2)cc1. The van der Waals surface area contributed by atoms with E-state index in [0.29, 0.717) is 26.4 Å². The molecule has 6 atom stereocenters. The summed E-state index contributed by atoms with van der Waals surface area (Å²) in [4.78, 5) is 0. The van der Waals surface area contributed by atoms with E-state index in [9.17, 15) is 0 Å². The normalized spacial score (nSPS) is 24.6. The fourth-order valence-corrected chi connectivity index (χ4v) is 5.10. The van der Waals surface area contributed by atoms with Crippen LogP contribution in [-0.4, -0.2) is 37.3 Å². The van der Waals surface area contributed by atoms with Gasteiger partial charge in [0, 0.05) is 5.56 Å². The van der Waals surface area contributed by atoms with Crippen molar-refractivity contribution < 1.29 is 28.4 Å². The number of rotatable bonds is 12. The lowest BCUT2D eigenvalue weighted by Gasteiger charge is -2.30. The molecule has 1 unspecified atom stereocenters. The zero-order chi connectivity index (χ0) is 27.0. The Morgan fingerprint density at radius 2 is 1.12 bits per heavy atom. The summed E-state index contributed by atoms with van der Waals surface area (Å²) in [7, 11) is 0. The summed E-state index contributed by atoms with van der Waals surface area (Å²) in [5.74, 6) is 0. The quantitative estimate of drug-likeness (QED) is 0.214. The minimum atomic E-state index is -0.576.